The third-order valence-corrected chi connectivity index (χ3v) is 4.25. The second-order valence-electron chi connectivity index (χ2n) is 6.81. The Bertz CT molecular complexity index is 508. The summed E-state index contributed by atoms with van der Waals surface area (Å²) in [4.78, 5) is 6.97. The van der Waals surface area contributed by atoms with E-state index in [9.17, 15) is 5.11 Å². The highest BCUT2D eigenvalue weighted by molar-refractivity contribution is 5.80. The Morgan fingerprint density at radius 1 is 1.36 bits per heavy atom. The number of aryl methyl sites for hydroxylation is 1. The molecule has 122 valence electrons. The van der Waals surface area contributed by atoms with Gasteiger partial charge in [-0.1, -0.05) is 43.7 Å². The van der Waals surface area contributed by atoms with Gasteiger partial charge in [-0.3, -0.25) is 4.99 Å². The molecular weight excluding hydrogens is 274 g/mol. The fourth-order valence-corrected chi connectivity index (χ4v) is 2.73. The van der Waals surface area contributed by atoms with E-state index in [0.717, 1.165) is 32.0 Å². The van der Waals surface area contributed by atoms with E-state index in [0.29, 0.717) is 6.54 Å². The van der Waals surface area contributed by atoms with E-state index < -0.39 is 0 Å². The number of β-amino-alcohol motifs (C(OH)–C–C–N with tert-alkyl or cyclic N) is 1. The molecule has 1 aliphatic heterocycles. The van der Waals surface area contributed by atoms with Crippen molar-refractivity contribution in [2.45, 2.75) is 45.6 Å². The molecule has 2 rings (SSSR count). The Hall–Kier alpha value is -1.55. The molecule has 1 fully saturated rings. The molecule has 1 atom stereocenters. The molecule has 0 spiro atoms. The molecule has 4 heteroatoms. The number of hydrogen-bond acceptors (Lipinski definition) is 2. The van der Waals surface area contributed by atoms with Gasteiger partial charge < -0.3 is 15.3 Å². The third kappa shape index (κ3) is 4.23. The van der Waals surface area contributed by atoms with Crippen LogP contribution in [0.25, 0.3) is 0 Å². The van der Waals surface area contributed by atoms with Crippen LogP contribution >= 0.6 is 0 Å². The summed E-state index contributed by atoms with van der Waals surface area (Å²) in [6.45, 7) is 11.8. The van der Waals surface area contributed by atoms with Gasteiger partial charge in [-0.25, -0.2) is 0 Å². The van der Waals surface area contributed by atoms with Crippen molar-refractivity contribution in [1.82, 2.24) is 10.2 Å². The normalized spacial score (nSPS) is 19.6. The molecule has 0 unspecified atom stereocenters. The maximum Gasteiger partial charge on any atom is 0.194 e. The molecule has 0 radical (unpaired) electrons. The predicted molar refractivity (Wildman–Crippen MR) is 92.4 cm³/mol. The van der Waals surface area contributed by atoms with Crippen molar-refractivity contribution in [1.29, 1.82) is 0 Å². The number of nitrogens with zero attached hydrogens (tertiary/aromatic N) is 2. The Labute approximate surface area is 134 Å². The minimum absolute atomic E-state index is 0.00723. The lowest BCUT2D eigenvalue weighted by Crippen LogP contribution is -2.41. The van der Waals surface area contributed by atoms with Crippen molar-refractivity contribution in [3.63, 3.8) is 0 Å². The van der Waals surface area contributed by atoms with Crippen LogP contribution in [-0.4, -0.2) is 48.2 Å². The summed E-state index contributed by atoms with van der Waals surface area (Å²) in [5.74, 6) is 0.916. The highest BCUT2D eigenvalue weighted by atomic mass is 16.3. The van der Waals surface area contributed by atoms with E-state index in [1.807, 2.05) is 0 Å². The molecule has 22 heavy (non-hydrogen) atoms. The zero-order valence-electron chi connectivity index (χ0n) is 14.3. The Kier molecular flexibility index (Phi) is 5.46. The summed E-state index contributed by atoms with van der Waals surface area (Å²) in [7, 11) is 0. The van der Waals surface area contributed by atoms with Crippen molar-refractivity contribution in [2.24, 2.45) is 4.99 Å². The first-order chi connectivity index (χ1) is 10.4. The van der Waals surface area contributed by atoms with Crippen LogP contribution in [0.1, 0.15) is 38.3 Å². The molecule has 0 aliphatic carbocycles. The Balaban J connectivity index is 2.09. The summed E-state index contributed by atoms with van der Waals surface area (Å²) < 4.78 is 0. The summed E-state index contributed by atoms with van der Waals surface area (Å²) >= 11 is 0. The zero-order chi connectivity index (χ0) is 16.2. The maximum atomic E-state index is 9.72. The van der Waals surface area contributed by atoms with Gasteiger partial charge in [0.2, 0.25) is 0 Å². The molecule has 1 saturated heterocycles. The monoisotopic (exact) mass is 303 g/mol. The van der Waals surface area contributed by atoms with Gasteiger partial charge in [0, 0.05) is 25.0 Å². The first kappa shape index (κ1) is 16.8. The summed E-state index contributed by atoms with van der Waals surface area (Å²) in [5.41, 5.74) is 2.58. The van der Waals surface area contributed by atoms with Gasteiger partial charge in [0.15, 0.2) is 5.96 Å². The molecule has 0 amide bonds. The van der Waals surface area contributed by atoms with Crippen molar-refractivity contribution in [3.05, 3.63) is 35.4 Å². The zero-order valence-corrected chi connectivity index (χ0v) is 14.3. The summed E-state index contributed by atoms with van der Waals surface area (Å²) in [6.07, 6.45) is 0.597. The highest BCUT2D eigenvalue weighted by Crippen LogP contribution is 2.24. The molecule has 1 aromatic carbocycles. The van der Waals surface area contributed by atoms with Crippen molar-refractivity contribution in [2.75, 3.05) is 26.2 Å². The van der Waals surface area contributed by atoms with Gasteiger partial charge >= 0.3 is 0 Å². The molecule has 0 aromatic heterocycles. The maximum absolute atomic E-state index is 9.72. The first-order valence-electron chi connectivity index (χ1n) is 8.21. The van der Waals surface area contributed by atoms with E-state index in [1.165, 1.54) is 11.1 Å². The van der Waals surface area contributed by atoms with Crippen molar-refractivity contribution < 1.29 is 5.11 Å². The van der Waals surface area contributed by atoms with Crippen LogP contribution in [0.4, 0.5) is 0 Å². The van der Waals surface area contributed by atoms with Crippen molar-refractivity contribution >= 4 is 5.96 Å². The molecule has 0 bridgehead atoms. The number of guanidine groups is 1. The predicted octanol–water partition coefficient (Wildman–Crippen LogP) is 2.30. The minimum Gasteiger partial charge on any atom is -0.391 e. The topological polar surface area (TPSA) is 47.9 Å². The molecular formula is C18H29N3O. The largest absolute Gasteiger partial charge is 0.391 e. The third-order valence-electron chi connectivity index (χ3n) is 4.25. The van der Waals surface area contributed by atoms with E-state index in [-0.39, 0.29) is 11.5 Å². The van der Waals surface area contributed by atoms with Crippen LogP contribution in [0, 0.1) is 6.92 Å². The quantitative estimate of drug-likeness (QED) is 0.663. The number of benzene rings is 1. The molecule has 1 aliphatic rings. The lowest BCUT2D eigenvalue weighted by atomic mass is 9.84. The number of aliphatic hydroxyl groups excluding tert-OH is 1. The van der Waals surface area contributed by atoms with Gasteiger partial charge in [0.25, 0.3) is 0 Å². The lowest BCUT2D eigenvalue weighted by Gasteiger charge is -2.26. The number of aliphatic imine (C=N–C) groups is 1. The smallest absolute Gasteiger partial charge is 0.194 e. The Morgan fingerprint density at radius 3 is 2.59 bits per heavy atom. The number of aliphatic hydroxyl groups is 1. The van der Waals surface area contributed by atoms with Crippen LogP contribution in [0.3, 0.4) is 0 Å². The van der Waals surface area contributed by atoms with Gasteiger partial charge in [-0.2, -0.15) is 0 Å². The average molecular weight is 303 g/mol. The van der Waals surface area contributed by atoms with E-state index in [1.54, 1.807) is 0 Å². The molecule has 0 saturated carbocycles. The molecule has 1 aromatic rings. The van der Waals surface area contributed by atoms with Crippen LogP contribution in [0.15, 0.2) is 29.3 Å². The van der Waals surface area contributed by atoms with E-state index in [4.69, 9.17) is 4.99 Å². The lowest BCUT2D eigenvalue weighted by molar-refractivity contribution is 0.187. The SMILES string of the molecule is CCNC(=NCC(C)(C)c1ccc(C)cc1)N1CC[C@@H](O)C1. The van der Waals surface area contributed by atoms with Crippen LogP contribution in [-0.2, 0) is 5.41 Å². The van der Waals surface area contributed by atoms with Gasteiger partial charge in [0.1, 0.15) is 0 Å². The van der Waals surface area contributed by atoms with Crippen LogP contribution in [0.2, 0.25) is 0 Å². The van der Waals surface area contributed by atoms with E-state index >= 15 is 0 Å². The van der Waals surface area contributed by atoms with Gasteiger partial charge in [-0.15, -0.1) is 0 Å². The number of nitrogens with one attached hydrogen (secondary N) is 1. The first-order valence-corrected chi connectivity index (χ1v) is 8.21. The number of rotatable bonds is 4. The van der Waals surface area contributed by atoms with Crippen molar-refractivity contribution in [3.8, 4) is 0 Å². The van der Waals surface area contributed by atoms with E-state index in [2.05, 4.69) is 62.2 Å². The summed E-state index contributed by atoms with van der Waals surface area (Å²) in [5, 5.41) is 13.1. The standard InChI is InChI=1S/C18H29N3O/c1-5-19-17(21-11-10-16(22)12-21)20-13-18(3,4)15-8-6-14(2)7-9-15/h6-9,16,22H,5,10-13H2,1-4H3,(H,19,20)/t16-/m1/s1. The second kappa shape index (κ2) is 7.14. The fraction of sp³-hybridized carbons (Fsp3) is 0.611. The average Bonchev–Trinajstić information content (AvgIpc) is 2.90. The second-order valence-corrected chi connectivity index (χ2v) is 6.81. The van der Waals surface area contributed by atoms with Gasteiger partial charge in [0.05, 0.1) is 12.6 Å². The summed E-state index contributed by atoms with van der Waals surface area (Å²) in [6, 6.07) is 8.69. The number of likely N-dealkylation sites (tertiary alicyclic amines) is 1. The minimum atomic E-state index is -0.228. The number of hydrogen-bond donors (Lipinski definition) is 2. The fourth-order valence-electron chi connectivity index (χ4n) is 2.73. The van der Waals surface area contributed by atoms with Gasteiger partial charge in [-0.05, 0) is 25.8 Å². The molecule has 4 nitrogen and oxygen atoms in total. The molecule has 2 N–H and O–H groups in total. The van der Waals surface area contributed by atoms with Crippen LogP contribution in [0.5, 0.6) is 0 Å². The Morgan fingerprint density at radius 2 is 2.05 bits per heavy atom. The molecule has 1 heterocycles. The highest BCUT2D eigenvalue weighted by Gasteiger charge is 2.25. The van der Waals surface area contributed by atoms with Crippen LogP contribution < -0.4 is 5.32 Å².